The lowest BCUT2D eigenvalue weighted by Crippen LogP contribution is -2.52. The number of rotatable bonds is 9. The minimum absolute atomic E-state index is 0.265. The molecule has 0 radical (unpaired) electrons. The van der Waals surface area contributed by atoms with Crippen LogP contribution in [0.5, 0.6) is 5.75 Å². The minimum Gasteiger partial charge on any atom is -0.479 e. The van der Waals surface area contributed by atoms with Gasteiger partial charge in [-0.3, -0.25) is 9.69 Å². The fraction of sp³-hybridized carbons (Fsp3) is 0.500. The van der Waals surface area contributed by atoms with E-state index in [2.05, 4.69) is 4.98 Å². The third kappa shape index (κ3) is 4.82. The number of unbranched alkanes of at least 4 members (excludes halogenated alkanes) is 1. The number of carbonyl (C=O) groups excluding carboxylic acids is 2. The third-order valence-corrected chi connectivity index (χ3v) is 5.85. The Hall–Kier alpha value is -2.45. The van der Waals surface area contributed by atoms with Crippen molar-refractivity contribution in [3.63, 3.8) is 0 Å². The van der Waals surface area contributed by atoms with Gasteiger partial charge in [0.25, 0.3) is 5.91 Å². The van der Waals surface area contributed by atoms with Crippen molar-refractivity contribution in [2.24, 2.45) is 0 Å². The summed E-state index contributed by atoms with van der Waals surface area (Å²) in [6, 6.07) is 4.84. The maximum Gasteiger partial charge on any atom is 0.328 e. The molecule has 7 nitrogen and oxygen atoms in total. The molecule has 3 rings (SSSR count). The molecule has 0 saturated heterocycles. The van der Waals surface area contributed by atoms with Crippen LogP contribution in [0.1, 0.15) is 38.6 Å². The van der Waals surface area contributed by atoms with Crippen LogP contribution < -0.4 is 9.64 Å². The van der Waals surface area contributed by atoms with Crippen LogP contribution in [0.4, 0.5) is 5.69 Å². The molecule has 1 aliphatic heterocycles. The van der Waals surface area contributed by atoms with Gasteiger partial charge in [-0.2, -0.15) is 0 Å². The molecule has 0 aliphatic carbocycles. The van der Waals surface area contributed by atoms with Crippen LogP contribution >= 0.6 is 11.3 Å². The molecule has 2 unspecified atom stereocenters. The highest BCUT2D eigenvalue weighted by Crippen LogP contribution is 2.39. The summed E-state index contributed by atoms with van der Waals surface area (Å²) < 4.78 is 16.2. The van der Waals surface area contributed by atoms with Gasteiger partial charge in [-0.15, -0.1) is 11.3 Å². The van der Waals surface area contributed by atoms with E-state index in [4.69, 9.17) is 14.2 Å². The fourth-order valence-electron chi connectivity index (χ4n) is 3.21. The number of esters is 1. The summed E-state index contributed by atoms with van der Waals surface area (Å²) in [6.45, 7) is 6.37. The van der Waals surface area contributed by atoms with Gasteiger partial charge < -0.3 is 14.2 Å². The summed E-state index contributed by atoms with van der Waals surface area (Å²) in [5, 5.41) is 2.96. The van der Waals surface area contributed by atoms with Crippen LogP contribution in [0.25, 0.3) is 11.3 Å². The molecule has 30 heavy (non-hydrogen) atoms. The predicted molar refractivity (Wildman–Crippen MR) is 116 cm³/mol. The molecule has 2 aromatic rings. The molecule has 1 amide bonds. The first-order valence-electron chi connectivity index (χ1n) is 10.2. The average Bonchev–Trinajstić information content (AvgIpc) is 3.21. The number of nitrogens with zero attached hydrogens (tertiary/aromatic N) is 2. The molecule has 2 atom stereocenters. The second kappa shape index (κ2) is 10.0. The van der Waals surface area contributed by atoms with Gasteiger partial charge in [0.1, 0.15) is 11.8 Å². The maximum atomic E-state index is 12.9. The van der Waals surface area contributed by atoms with Crippen LogP contribution in [-0.2, 0) is 25.5 Å². The summed E-state index contributed by atoms with van der Waals surface area (Å²) in [6.07, 6.45) is 1.80. The van der Waals surface area contributed by atoms with E-state index in [1.165, 1.54) is 4.90 Å². The molecule has 1 aromatic heterocycles. The highest BCUT2D eigenvalue weighted by molar-refractivity contribution is 7.09. The molecular weight excluding hydrogens is 404 g/mol. The summed E-state index contributed by atoms with van der Waals surface area (Å²) in [4.78, 5) is 31.6. The lowest BCUT2D eigenvalue weighted by Gasteiger charge is -2.36. The Morgan fingerprint density at radius 1 is 1.37 bits per heavy atom. The van der Waals surface area contributed by atoms with Gasteiger partial charge in [-0.1, -0.05) is 13.3 Å². The smallest absolute Gasteiger partial charge is 0.328 e. The molecule has 8 heteroatoms. The van der Waals surface area contributed by atoms with Crippen molar-refractivity contribution in [1.82, 2.24) is 4.98 Å². The first-order chi connectivity index (χ1) is 14.5. The SMILES string of the molecule is CCCCOC(=O)C(C)N1C(=O)C(C)Oc2ccc(-c3csc(CCOC)n3)cc21. The Bertz CT molecular complexity index is 897. The van der Waals surface area contributed by atoms with Crippen LogP contribution in [0.2, 0.25) is 0 Å². The molecule has 0 N–H and O–H groups in total. The van der Waals surface area contributed by atoms with Crippen molar-refractivity contribution < 1.29 is 23.8 Å². The zero-order valence-electron chi connectivity index (χ0n) is 17.8. The first-order valence-corrected chi connectivity index (χ1v) is 11.1. The number of hydrogen-bond acceptors (Lipinski definition) is 7. The zero-order chi connectivity index (χ0) is 21.7. The highest BCUT2D eigenvalue weighted by atomic mass is 32.1. The second-order valence-corrected chi connectivity index (χ2v) is 8.16. The molecule has 2 heterocycles. The zero-order valence-corrected chi connectivity index (χ0v) is 18.7. The van der Waals surface area contributed by atoms with Gasteiger partial charge in [-0.25, -0.2) is 9.78 Å². The van der Waals surface area contributed by atoms with E-state index in [-0.39, 0.29) is 5.91 Å². The Morgan fingerprint density at radius 3 is 2.90 bits per heavy atom. The van der Waals surface area contributed by atoms with Crippen molar-refractivity contribution in [3.8, 4) is 17.0 Å². The molecule has 0 bridgehead atoms. The van der Waals surface area contributed by atoms with Crippen molar-refractivity contribution in [2.45, 2.75) is 52.2 Å². The minimum atomic E-state index is -0.748. The van der Waals surface area contributed by atoms with Crippen LogP contribution in [0, 0.1) is 0 Å². The van der Waals surface area contributed by atoms with Crippen LogP contribution in [-0.4, -0.2) is 49.3 Å². The van der Waals surface area contributed by atoms with Crippen LogP contribution in [0.15, 0.2) is 23.6 Å². The molecule has 0 saturated carbocycles. The number of ether oxygens (including phenoxy) is 3. The lowest BCUT2D eigenvalue weighted by atomic mass is 10.1. The van der Waals surface area contributed by atoms with Crippen molar-refractivity contribution in [3.05, 3.63) is 28.6 Å². The summed E-state index contributed by atoms with van der Waals surface area (Å²) in [7, 11) is 1.67. The number of methoxy groups -OCH3 is 1. The van der Waals surface area contributed by atoms with Crippen molar-refractivity contribution in [2.75, 3.05) is 25.2 Å². The topological polar surface area (TPSA) is 78.0 Å². The van der Waals surface area contributed by atoms with E-state index in [1.807, 2.05) is 30.5 Å². The number of hydrogen-bond donors (Lipinski definition) is 0. The molecule has 0 fully saturated rings. The standard InChI is InChI=1S/C22H28N2O5S/c1-5-6-10-28-22(26)14(2)24-18-12-16(7-8-19(18)29-15(3)21(24)25)17-13-30-20(23-17)9-11-27-4/h7-8,12-15H,5-6,9-11H2,1-4H3. The maximum absolute atomic E-state index is 12.9. The number of benzene rings is 1. The van der Waals surface area contributed by atoms with E-state index in [0.29, 0.717) is 24.7 Å². The molecule has 0 spiro atoms. The first kappa shape index (κ1) is 22.2. The summed E-state index contributed by atoms with van der Waals surface area (Å²) >= 11 is 1.57. The largest absolute Gasteiger partial charge is 0.479 e. The van der Waals surface area contributed by atoms with E-state index < -0.39 is 18.1 Å². The van der Waals surface area contributed by atoms with Crippen LogP contribution in [0.3, 0.4) is 0 Å². The van der Waals surface area contributed by atoms with E-state index in [9.17, 15) is 9.59 Å². The quantitative estimate of drug-likeness (QED) is 0.443. The Kier molecular flexibility index (Phi) is 7.44. The Morgan fingerprint density at radius 2 is 2.17 bits per heavy atom. The monoisotopic (exact) mass is 432 g/mol. The molecule has 1 aromatic carbocycles. The van der Waals surface area contributed by atoms with E-state index in [0.717, 1.165) is 35.5 Å². The molecule has 1 aliphatic rings. The Balaban J connectivity index is 1.89. The molecule has 162 valence electrons. The van der Waals surface area contributed by atoms with Crippen molar-refractivity contribution in [1.29, 1.82) is 0 Å². The number of anilines is 1. The molecular formula is C22H28N2O5S. The van der Waals surface area contributed by atoms with Gasteiger partial charge in [-0.05, 0) is 38.5 Å². The summed E-state index contributed by atoms with van der Waals surface area (Å²) in [5.41, 5.74) is 2.23. The predicted octanol–water partition coefficient (Wildman–Crippen LogP) is 3.84. The van der Waals surface area contributed by atoms with Gasteiger partial charge >= 0.3 is 5.97 Å². The lowest BCUT2D eigenvalue weighted by molar-refractivity contribution is -0.146. The fourth-order valence-corrected chi connectivity index (χ4v) is 4.00. The van der Waals surface area contributed by atoms with E-state index >= 15 is 0 Å². The van der Waals surface area contributed by atoms with Gasteiger partial charge in [0.2, 0.25) is 0 Å². The van der Waals surface area contributed by atoms with Gasteiger partial charge in [0.05, 0.1) is 29.6 Å². The number of aromatic nitrogens is 1. The number of thiazole rings is 1. The van der Waals surface area contributed by atoms with E-state index in [1.54, 1.807) is 32.3 Å². The number of fused-ring (bicyclic) bond motifs is 1. The number of carbonyl (C=O) groups is 2. The number of amides is 1. The second-order valence-electron chi connectivity index (χ2n) is 7.22. The third-order valence-electron chi connectivity index (χ3n) is 4.95. The van der Waals surface area contributed by atoms with Crippen molar-refractivity contribution >= 4 is 28.9 Å². The van der Waals surface area contributed by atoms with Gasteiger partial charge in [0.15, 0.2) is 6.10 Å². The Labute approximate surface area is 181 Å². The highest BCUT2D eigenvalue weighted by Gasteiger charge is 2.38. The average molecular weight is 433 g/mol. The normalized spacial score (nSPS) is 16.7. The van der Waals surface area contributed by atoms with Gasteiger partial charge in [0, 0.05) is 24.5 Å². The summed E-state index contributed by atoms with van der Waals surface area (Å²) in [5.74, 6) is -0.120.